The van der Waals surface area contributed by atoms with Crippen molar-refractivity contribution in [1.82, 2.24) is 0 Å². The number of hydrogen-bond acceptors (Lipinski definition) is 1. The molecule has 1 N–H and O–H groups in total. The van der Waals surface area contributed by atoms with Gasteiger partial charge in [-0.05, 0) is 0 Å². The number of terminal acetylenes is 1. The van der Waals surface area contributed by atoms with Gasteiger partial charge in [0.2, 0.25) is 0 Å². The van der Waals surface area contributed by atoms with Gasteiger partial charge < -0.3 is 5.11 Å². The quantitative estimate of drug-likeness (QED) is 0.485. The molecular formula is C4H4F2O. The van der Waals surface area contributed by atoms with Crippen molar-refractivity contribution < 1.29 is 13.9 Å². The topological polar surface area (TPSA) is 20.2 Å². The Morgan fingerprint density at radius 2 is 2.14 bits per heavy atom. The Labute approximate surface area is 40.0 Å². The molecule has 0 amide bonds. The van der Waals surface area contributed by atoms with Gasteiger partial charge in [-0.1, -0.05) is 5.92 Å². The predicted molar refractivity (Wildman–Crippen MR) is 20.6 cm³/mol. The van der Waals surface area contributed by atoms with Gasteiger partial charge in [-0.15, -0.1) is 6.42 Å². The van der Waals surface area contributed by atoms with E-state index in [1.807, 2.05) is 0 Å². The van der Waals surface area contributed by atoms with Crippen molar-refractivity contribution in [2.45, 2.75) is 12.5 Å². The molecule has 0 heterocycles. The van der Waals surface area contributed by atoms with Crippen molar-refractivity contribution in [3.05, 3.63) is 0 Å². The van der Waals surface area contributed by atoms with Crippen LogP contribution < -0.4 is 0 Å². The molecule has 0 aromatic rings. The first-order chi connectivity index (χ1) is 3.06. The van der Waals surface area contributed by atoms with Crippen molar-refractivity contribution in [3.63, 3.8) is 0 Å². The maximum Gasteiger partial charge on any atom is 0.364 e. The molecule has 0 aromatic carbocycles. The molecule has 0 unspecified atom stereocenters. The third kappa shape index (κ3) is 5.38. The summed E-state index contributed by atoms with van der Waals surface area (Å²) in [4.78, 5) is 0. The van der Waals surface area contributed by atoms with Crippen LogP contribution in [0.4, 0.5) is 8.78 Å². The number of halogens is 2. The fourth-order valence-corrected chi connectivity index (χ4v) is 0.123. The molecule has 0 saturated heterocycles. The second-order valence-electron chi connectivity index (χ2n) is 1.05. The van der Waals surface area contributed by atoms with E-state index >= 15 is 0 Å². The summed E-state index contributed by atoms with van der Waals surface area (Å²) in [6.45, 7) is 0. The normalized spacial score (nSPS) is 10.6. The number of hydrogen-bond donors (Lipinski definition) is 1. The van der Waals surface area contributed by atoms with Gasteiger partial charge in [0.1, 0.15) is 0 Å². The van der Waals surface area contributed by atoms with E-state index in [2.05, 4.69) is 6.42 Å². The summed E-state index contributed by atoms with van der Waals surface area (Å²) in [5, 5.41) is 7.54. The zero-order valence-corrected chi connectivity index (χ0v) is 3.49. The highest BCUT2D eigenvalue weighted by molar-refractivity contribution is 4.86. The van der Waals surface area contributed by atoms with Crippen LogP contribution in [0.3, 0.4) is 0 Å². The maximum absolute atomic E-state index is 11.1. The van der Waals surface area contributed by atoms with Gasteiger partial charge in [0.25, 0.3) is 0 Å². The van der Waals surface area contributed by atoms with Crippen LogP contribution >= 0.6 is 0 Å². The van der Waals surface area contributed by atoms with Gasteiger partial charge in [-0.25, -0.2) is 0 Å². The van der Waals surface area contributed by atoms with Crippen molar-refractivity contribution in [3.8, 4) is 12.3 Å². The first-order valence-electron chi connectivity index (χ1n) is 1.60. The molecule has 0 radical (unpaired) electrons. The lowest BCUT2D eigenvalue weighted by molar-refractivity contribution is -0.193. The molecule has 0 fully saturated rings. The molecule has 1 nitrogen and oxygen atoms in total. The van der Waals surface area contributed by atoms with E-state index < -0.39 is 12.5 Å². The molecule has 0 aliphatic rings. The molecular weight excluding hydrogens is 102 g/mol. The van der Waals surface area contributed by atoms with Crippen LogP contribution in [-0.4, -0.2) is 11.2 Å². The third-order valence-electron chi connectivity index (χ3n) is 0.315. The zero-order valence-electron chi connectivity index (χ0n) is 3.49. The molecule has 3 heteroatoms. The van der Waals surface area contributed by atoms with E-state index in [1.165, 1.54) is 0 Å². The molecule has 0 spiro atoms. The van der Waals surface area contributed by atoms with Gasteiger partial charge in [0.05, 0.1) is 6.42 Å². The Hall–Kier alpha value is -0.620. The summed E-state index contributed by atoms with van der Waals surface area (Å²) in [5.74, 6) is 1.61. The van der Waals surface area contributed by atoms with E-state index in [0.29, 0.717) is 0 Å². The molecule has 0 aliphatic carbocycles. The summed E-state index contributed by atoms with van der Waals surface area (Å²) < 4.78 is 22.3. The largest absolute Gasteiger partial charge is 0.364 e. The monoisotopic (exact) mass is 106 g/mol. The van der Waals surface area contributed by atoms with Crippen molar-refractivity contribution in [1.29, 1.82) is 0 Å². The summed E-state index contributed by atoms with van der Waals surface area (Å²) in [6, 6.07) is 0. The lowest BCUT2D eigenvalue weighted by atomic mass is 10.4. The molecule has 0 rings (SSSR count). The fourth-order valence-electron chi connectivity index (χ4n) is 0.123. The minimum atomic E-state index is -3.69. The van der Waals surface area contributed by atoms with Gasteiger partial charge >= 0.3 is 6.11 Å². The standard InChI is InChI=1S/C4H4F2O/c1-2-3-4(5,6)7/h1,7H,3H2. The van der Waals surface area contributed by atoms with Crippen LogP contribution in [-0.2, 0) is 0 Å². The van der Waals surface area contributed by atoms with Crippen molar-refractivity contribution in [2.24, 2.45) is 0 Å². The Morgan fingerprint density at radius 3 is 2.14 bits per heavy atom. The second-order valence-corrected chi connectivity index (χ2v) is 1.05. The molecule has 0 saturated carbocycles. The SMILES string of the molecule is C#CCC(O)(F)F. The molecule has 0 aliphatic heterocycles. The van der Waals surface area contributed by atoms with Crippen LogP contribution in [0.25, 0.3) is 0 Å². The van der Waals surface area contributed by atoms with Crippen LogP contribution in [0.15, 0.2) is 0 Å². The highest BCUT2D eigenvalue weighted by atomic mass is 19.3. The minimum Gasteiger partial charge on any atom is -0.336 e. The van der Waals surface area contributed by atoms with Crippen LogP contribution in [0.1, 0.15) is 6.42 Å². The van der Waals surface area contributed by atoms with Crippen LogP contribution in [0, 0.1) is 12.3 Å². The van der Waals surface area contributed by atoms with Crippen LogP contribution in [0.2, 0.25) is 0 Å². The highest BCUT2D eigenvalue weighted by Gasteiger charge is 2.21. The van der Waals surface area contributed by atoms with Gasteiger partial charge in [-0.2, -0.15) is 8.78 Å². The molecule has 0 atom stereocenters. The fraction of sp³-hybridized carbons (Fsp3) is 0.500. The van der Waals surface area contributed by atoms with Gasteiger partial charge in [0.15, 0.2) is 0 Å². The number of alkyl halides is 2. The lowest BCUT2D eigenvalue weighted by Gasteiger charge is -1.99. The summed E-state index contributed by atoms with van der Waals surface area (Å²) in [5.41, 5.74) is 0. The Bertz CT molecular complexity index is 86.8. The Kier molecular flexibility index (Phi) is 1.73. The first-order valence-corrected chi connectivity index (χ1v) is 1.60. The Balaban J connectivity index is 3.40. The Morgan fingerprint density at radius 1 is 1.71 bits per heavy atom. The van der Waals surface area contributed by atoms with E-state index in [-0.39, 0.29) is 0 Å². The van der Waals surface area contributed by atoms with Crippen molar-refractivity contribution in [2.75, 3.05) is 0 Å². The summed E-state index contributed by atoms with van der Waals surface area (Å²) >= 11 is 0. The second kappa shape index (κ2) is 1.90. The van der Waals surface area contributed by atoms with E-state index in [4.69, 9.17) is 5.11 Å². The lowest BCUT2D eigenvalue weighted by Crippen LogP contribution is -2.11. The number of aliphatic hydroxyl groups is 1. The molecule has 40 valence electrons. The first kappa shape index (κ1) is 6.38. The third-order valence-corrected chi connectivity index (χ3v) is 0.315. The average Bonchev–Trinajstić information content (AvgIpc) is 1.30. The number of rotatable bonds is 1. The predicted octanol–water partition coefficient (Wildman–Crippen LogP) is 0.595. The molecule has 0 aromatic heterocycles. The van der Waals surface area contributed by atoms with Gasteiger partial charge in [0, 0.05) is 0 Å². The molecule has 7 heavy (non-hydrogen) atoms. The smallest absolute Gasteiger partial charge is 0.336 e. The van der Waals surface area contributed by atoms with E-state index in [0.717, 1.165) is 0 Å². The van der Waals surface area contributed by atoms with Crippen LogP contribution in [0.5, 0.6) is 0 Å². The summed E-state index contributed by atoms with van der Waals surface area (Å²) in [6.07, 6.45) is -0.171. The van der Waals surface area contributed by atoms with E-state index in [1.54, 1.807) is 5.92 Å². The molecule has 0 bridgehead atoms. The van der Waals surface area contributed by atoms with Gasteiger partial charge in [-0.3, -0.25) is 0 Å². The van der Waals surface area contributed by atoms with E-state index in [9.17, 15) is 8.78 Å². The maximum atomic E-state index is 11.1. The van der Waals surface area contributed by atoms with Crippen molar-refractivity contribution >= 4 is 0 Å². The zero-order chi connectivity index (χ0) is 5.91. The summed E-state index contributed by atoms with van der Waals surface area (Å²) in [7, 11) is 0. The average molecular weight is 106 g/mol. The minimum absolute atomic E-state index is 0.910. The highest BCUT2D eigenvalue weighted by Crippen LogP contribution is 2.10.